The van der Waals surface area contributed by atoms with Gasteiger partial charge < -0.3 is 10.2 Å². The molecule has 0 saturated heterocycles. The first-order valence-electron chi connectivity index (χ1n) is 6.21. The zero-order valence-corrected chi connectivity index (χ0v) is 12.8. The second-order valence-electron chi connectivity index (χ2n) is 4.31. The lowest BCUT2D eigenvalue weighted by Crippen LogP contribution is -2.24. The van der Waals surface area contributed by atoms with Crippen LogP contribution in [0.3, 0.4) is 0 Å². The lowest BCUT2D eigenvalue weighted by atomic mass is 10.1. The number of benzene rings is 1. The van der Waals surface area contributed by atoms with E-state index >= 15 is 0 Å². The maximum Gasteiger partial charge on any atom is 0.0640 e. The monoisotopic (exact) mass is 309 g/mol. The van der Waals surface area contributed by atoms with Crippen molar-refractivity contribution in [2.24, 2.45) is 0 Å². The first-order chi connectivity index (χ1) is 8.60. The van der Waals surface area contributed by atoms with Crippen LogP contribution in [0.25, 0.3) is 0 Å². The van der Waals surface area contributed by atoms with Crippen molar-refractivity contribution in [1.29, 1.82) is 5.26 Å². The summed E-state index contributed by atoms with van der Waals surface area (Å²) in [5.74, 6) is 0. The maximum atomic E-state index is 8.68. The fourth-order valence-corrected chi connectivity index (χ4v) is 2.32. The highest BCUT2D eigenvalue weighted by Crippen LogP contribution is 2.29. The first-order valence-corrected chi connectivity index (χ1v) is 7.00. The van der Waals surface area contributed by atoms with Crippen molar-refractivity contribution < 1.29 is 0 Å². The summed E-state index contributed by atoms with van der Waals surface area (Å²) in [6.45, 7) is 5.96. The molecule has 0 radical (unpaired) electrons. The molecule has 1 aromatic rings. The largest absolute Gasteiger partial charge is 0.373 e. The van der Waals surface area contributed by atoms with Gasteiger partial charge in [0.05, 0.1) is 12.5 Å². The second kappa shape index (κ2) is 7.40. The van der Waals surface area contributed by atoms with E-state index in [-0.39, 0.29) is 0 Å². The Kier molecular flexibility index (Phi) is 6.17. The van der Waals surface area contributed by atoms with E-state index in [1.54, 1.807) is 0 Å². The minimum absolute atomic E-state index is 0.308. The quantitative estimate of drug-likeness (QED) is 0.874. The molecule has 98 valence electrons. The van der Waals surface area contributed by atoms with Gasteiger partial charge in [-0.2, -0.15) is 5.26 Å². The van der Waals surface area contributed by atoms with Gasteiger partial charge in [-0.3, -0.25) is 0 Å². The van der Waals surface area contributed by atoms with Crippen LogP contribution < -0.4 is 10.2 Å². The van der Waals surface area contributed by atoms with Crippen molar-refractivity contribution >= 4 is 21.6 Å². The molecule has 0 amide bonds. The fourth-order valence-electron chi connectivity index (χ4n) is 1.97. The molecule has 3 nitrogen and oxygen atoms in total. The summed E-state index contributed by atoms with van der Waals surface area (Å²) in [6, 6.07) is 8.80. The summed E-state index contributed by atoms with van der Waals surface area (Å²) in [4.78, 5) is 2.14. The molecule has 1 N–H and O–H groups in total. The van der Waals surface area contributed by atoms with E-state index in [1.807, 2.05) is 7.05 Å². The molecule has 1 rings (SSSR count). The Hall–Kier alpha value is -1.05. The third-order valence-electron chi connectivity index (χ3n) is 2.94. The van der Waals surface area contributed by atoms with Gasteiger partial charge in [0.2, 0.25) is 0 Å². The van der Waals surface area contributed by atoms with Crippen molar-refractivity contribution in [3.05, 3.63) is 28.2 Å². The molecule has 0 heterocycles. The number of anilines is 1. The topological polar surface area (TPSA) is 39.1 Å². The smallest absolute Gasteiger partial charge is 0.0640 e. The van der Waals surface area contributed by atoms with Crippen LogP contribution in [0.15, 0.2) is 22.7 Å². The summed E-state index contributed by atoms with van der Waals surface area (Å²) in [6.07, 6.45) is 0.540. The minimum atomic E-state index is 0.308. The van der Waals surface area contributed by atoms with Gasteiger partial charge in [0, 0.05) is 29.8 Å². The van der Waals surface area contributed by atoms with Crippen LogP contribution in [0.1, 0.15) is 31.9 Å². The van der Waals surface area contributed by atoms with Crippen LogP contribution in [0.5, 0.6) is 0 Å². The van der Waals surface area contributed by atoms with Gasteiger partial charge in [0.15, 0.2) is 0 Å². The maximum absolute atomic E-state index is 8.68. The van der Waals surface area contributed by atoms with E-state index in [1.165, 1.54) is 11.3 Å². The molecule has 0 aliphatic heterocycles. The molecule has 0 aromatic heterocycles. The molecule has 18 heavy (non-hydrogen) atoms. The second-order valence-corrected chi connectivity index (χ2v) is 5.23. The molecular weight excluding hydrogens is 290 g/mol. The van der Waals surface area contributed by atoms with Gasteiger partial charge >= 0.3 is 0 Å². The third-order valence-corrected chi connectivity index (χ3v) is 3.43. The average Bonchev–Trinajstić information content (AvgIpc) is 2.36. The predicted octanol–water partition coefficient (Wildman–Crippen LogP) is 3.47. The van der Waals surface area contributed by atoms with Crippen LogP contribution in [0.4, 0.5) is 5.69 Å². The fraction of sp³-hybridized carbons (Fsp3) is 0.500. The number of rotatable bonds is 6. The Labute approximate surface area is 118 Å². The highest BCUT2D eigenvalue weighted by molar-refractivity contribution is 9.10. The van der Waals surface area contributed by atoms with E-state index < -0.39 is 0 Å². The molecule has 0 fully saturated rings. The lowest BCUT2D eigenvalue weighted by molar-refractivity contribution is 0.597. The Balaban J connectivity index is 2.99. The summed E-state index contributed by atoms with van der Waals surface area (Å²) >= 11 is 3.51. The van der Waals surface area contributed by atoms with Crippen LogP contribution in [-0.2, 0) is 0 Å². The summed E-state index contributed by atoms with van der Waals surface area (Å²) in [7, 11) is 2.03. The molecule has 0 spiro atoms. The zero-order valence-electron chi connectivity index (χ0n) is 11.2. The van der Waals surface area contributed by atoms with Gasteiger partial charge in [0.25, 0.3) is 0 Å². The van der Waals surface area contributed by atoms with Crippen molar-refractivity contribution in [3.63, 3.8) is 0 Å². The lowest BCUT2D eigenvalue weighted by Gasteiger charge is -2.25. The Morgan fingerprint density at radius 2 is 2.22 bits per heavy atom. The number of hydrogen-bond donors (Lipinski definition) is 1. The average molecular weight is 310 g/mol. The number of hydrogen-bond acceptors (Lipinski definition) is 3. The van der Waals surface area contributed by atoms with Gasteiger partial charge in [0.1, 0.15) is 0 Å². The van der Waals surface area contributed by atoms with Gasteiger partial charge in [-0.05, 0) is 31.2 Å². The highest BCUT2D eigenvalue weighted by atomic mass is 79.9. The van der Waals surface area contributed by atoms with Crippen LogP contribution in [0.2, 0.25) is 0 Å². The Morgan fingerprint density at radius 1 is 1.50 bits per heavy atom. The zero-order chi connectivity index (χ0) is 13.5. The molecule has 0 aliphatic rings. The van der Waals surface area contributed by atoms with Crippen molar-refractivity contribution in [3.8, 4) is 6.07 Å². The minimum Gasteiger partial charge on any atom is -0.373 e. The molecule has 1 atom stereocenters. The number of halogens is 1. The molecule has 0 bridgehead atoms. The number of nitriles is 1. The highest BCUT2D eigenvalue weighted by Gasteiger charge is 2.13. The Bertz CT molecular complexity index is 426. The van der Waals surface area contributed by atoms with E-state index in [4.69, 9.17) is 5.26 Å². The van der Waals surface area contributed by atoms with E-state index in [0.717, 1.165) is 17.6 Å². The van der Waals surface area contributed by atoms with E-state index in [0.29, 0.717) is 12.5 Å². The van der Waals surface area contributed by atoms with Crippen molar-refractivity contribution in [2.45, 2.75) is 26.3 Å². The van der Waals surface area contributed by atoms with Gasteiger partial charge in [-0.1, -0.05) is 28.9 Å². The summed E-state index contributed by atoms with van der Waals surface area (Å²) in [5.41, 5.74) is 2.44. The third kappa shape index (κ3) is 4.01. The number of nitrogens with zero attached hydrogens (tertiary/aromatic N) is 2. The molecule has 1 aromatic carbocycles. The Morgan fingerprint density at radius 3 is 2.83 bits per heavy atom. The molecular formula is C14H20BrN3. The van der Waals surface area contributed by atoms with Gasteiger partial charge in [-0.15, -0.1) is 0 Å². The van der Waals surface area contributed by atoms with Crippen LogP contribution >= 0.6 is 15.9 Å². The SMILES string of the molecule is CCNC(C)c1ccc(Br)cc1N(C)CCC#N. The van der Waals surface area contributed by atoms with Gasteiger partial charge in [-0.25, -0.2) is 0 Å². The van der Waals surface area contributed by atoms with Crippen molar-refractivity contribution in [1.82, 2.24) is 5.32 Å². The molecule has 1 unspecified atom stereocenters. The van der Waals surface area contributed by atoms with Crippen LogP contribution in [0, 0.1) is 11.3 Å². The summed E-state index contributed by atoms with van der Waals surface area (Å²) < 4.78 is 1.06. The molecule has 0 aliphatic carbocycles. The first kappa shape index (κ1) is 15.0. The summed E-state index contributed by atoms with van der Waals surface area (Å²) in [5, 5.41) is 12.1. The number of nitrogens with one attached hydrogen (secondary N) is 1. The van der Waals surface area contributed by atoms with E-state index in [2.05, 4.69) is 64.3 Å². The van der Waals surface area contributed by atoms with Crippen LogP contribution in [-0.4, -0.2) is 20.1 Å². The normalized spacial score (nSPS) is 11.9. The van der Waals surface area contributed by atoms with E-state index in [9.17, 15) is 0 Å². The predicted molar refractivity (Wildman–Crippen MR) is 79.7 cm³/mol. The molecule has 0 saturated carbocycles. The standard InChI is InChI=1S/C14H20BrN3/c1-4-17-11(2)13-7-6-12(15)10-14(13)18(3)9-5-8-16/h6-7,10-11,17H,4-5,9H2,1-3H3. The molecule has 4 heteroatoms. The van der Waals surface area contributed by atoms with Crippen molar-refractivity contribution in [2.75, 3.05) is 25.0 Å².